The van der Waals surface area contributed by atoms with Crippen molar-refractivity contribution in [2.75, 3.05) is 27.2 Å². The summed E-state index contributed by atoms with van der Waals surface area (Å²) in [6.07, 6.45) is 2.13. The Hall–Kier alpha value is -0.570. The molecule has 0 radical (unpaired) electrons. The minimum absolute atomic E-state index is 0.514. The van der Waals surface area contributed by atoms with Crippen LogP contribution < -0.4 is 0 Å². The normalized spacial score (nSPS) is 19.9. The molecule has 0 aliphatic carbocycles. The van der Waals surface area contributed by atoms with Crippen molar-refractivity contribution in [3.05, 3.63) is 0 Å². The van der Waals surface area contributed by atoms with Gasteiger partial charge >= 0.3 is 0 Å². The van der Waals surface area contributed by atoms with Crippen molar-refractivity contribution in [1.82, 2.24) is 9.80 Å². The summed E-state index contributed by atoms with van der Waals surface area (Å²) in [5.74, 6) is 1.46. The third kappa shape index (κ3) is 2.71. The average molecular weight is 197 g/mol. The van der Waals surface area contributed by atoms with Crippen LogP contribution in [0.25, 0.3) is 0 Å². The van der Waals surface area contributed by atoms with E-state index >= 15 is 0 Å². The summed E-state index contributed by atoms with van der Waals surface area (Å²) in [5, 5.41) is 7.88. The average Bonchev–Trinajstić information content (AvgIpc) is 2.46. The molecule has 0 aromatic heterocycles. The van der Waals surface area contributed by atoms with E-state index in [0.29, 0.717) is 12.0 Å². The Morgan fingerprint density at radius 3 is 2.43 bits per heavy atom. The molecule has 1 rings (SSSR count). The Morgan fingerprint density at radius 1 is 1.43 bits per heavy atom. The first-order valence-electron chi connectivity index (χ1n) is 5.51. The van der Waals surface area contributed by atoms with Gasteiger partial charge in [-0.25, -0.2) is 0 Å². The van der Waals surface area contributed by atoms with Crippen LogP contribution in [0.2, 0.25) is 0 Å². The van der Waals surface area contributed by atoms with E-state index in [4.69, 9.17) is 5.41 Å². The van der Waals surface area contributed by atoms with Crippen LogP contribution in [0, 0.1) is 11.3 Å². The molecule has 1 aliphatic rings. The van der Waals surface area contributed by atoms with Crippen molar-refractivity contribution in [2.45, 2.75) is 32.7 Å². The molecule has 82 valence electrons. The Labute approximate surface area is 87.6 Å². The van der Waals surface area contributed by atoms with Gasteiger partial charge in [-0.15, -0.1) is 0 Å². The van der Waals surface area contributed by atoms with E-state index in [1.54, 1.807) is 0 Å². The highest BCUT2D eigenvalue weighted by atomic mass is 15.2. The van der Waals surface area contributed by atoms with Gasteiger partial charge in [0.15, 0.2) is 0 Å². The maximum absolute atomic E-state index is 7.88. The number of amidine groups is 1. The Morgan fingerprint density at radius 2 is 2.07 bits per heavy atom. The Bertz CT molecular complexity index is 199. The molecule has 3 nitrogen and oxygen atoms in total. The highest BCUT2D eigenvalue weighted by Crippen LogP contribution is 2.19. The largest absolute Gasteiger partial charge is 0.356 e. The van der Waals surface area contributed by atoms with Crippen LogP contribution >= 0.6 is 0 Å². The van der Waals surface area contributed by atoms with E-state index in [1.165, 1.54) is 0 Å². The predicted molar refractivity (Wildman–Crippen MR) is 60.8 cm³/mol. The summed E-state index contributed by atoms with van der Waals surface area (Å²) >= 11 is 0. The first-order valence-corrected chi connectivity index (χ1v) is 5.51. The molecule has 14 heavy (non-hydrogen) atoms. The number of hydrogen-bond acceptors (Lipinski definition) is 2. The van der Waals surface area contributed by atoms with Gasteiger partial charge in [0.05, 0.1) is 5.84 Å². The number of nitrogens with zero attached hydrogens (tertiary/aromatic N) is 2. The minimum atomic E-state index is 0.514. The molecule has 0 aromatic rings. The van der Waals surface area contributed by atoms with E-state index in [-0.39, 0.29) is 0 Å². The third-order valence-corrected chi connectivity index (χ3v) is 2.88. The van der Waals surface area contributed by atoms with E-state index in [9.17, 15) is 0 Å². The number of likely N-dealkylation sites (tertiary alicyclic amines) is 1. The first-order chi connectivity index (χ1) is 6.52. The summed E-state index contributed by atoms with van der Waals surface area (Å²) in [5.41, 5.74) is 0. The van der Waals surface area contributed by atoms with Crippen molar-refractivity contribution in [1.29, 1.82) is 5.41 Å². The van der Waals surface area contributed by atoms with Crippen LogP contribution in [-0.4, -0.2) is 48.9 Å². The molecule has 1 N–H and O–H groups in total. The molecule has 0 bridgehead atoms. The van der Waals surface area contributed by atoms with Gasteiger partial charge in [-0.2, -0.15) is 0 Å². The van der Waals surface area contributed by atoms with Gasteiger partial charge in [-0.3, -0.25) is 5.41 Å². The first kappa shape index (κ1) is 11.5. The molecule has 1 unspecified atom stereocenters. The highest BCUT2D eigenvalue weighted by Gasteiger charge is 2.27. The van der Waals surface area contributed by atoms with E-state index < -0.39 is 0 Å². The SMILES string of the molecule is CC(C)C(CN(C)C)N1CCCC1=N. The van der Waals surface area contributed by atoms with Gasteiger partial charge in [-0.1, -0.05) is 13.8 Å². The van der Waals surface area contributed by atoms with Gasteiger partial charge in [0.2, 0.25) is 0 Å². The second-order valence-electron chi connectivity index (χ2n) is 4.82. The summed E-state index contributed by atoms with van der Waals surface area (Å²) in [7, 11) is 4.21. The standard InChI is InChI=1S/C11H23N3/c1-9(2)10(8-13(3)4)14-7-5-6-11(14)12/h9-10,12H,5-8H2,1-4H3. The topological polar surface area (TPSA) is 30.3 Å². The fourth-order valence-corrected chi connectivity index (χ4v) is 2.10. The second kappa shape index (κ2) is 4.78. The van der Waals surface area contributed by atoms with Crippen molar-refractivity contribution < 1.29 is 0 Å². The number of hydrogen-bond donors (Lipinski definition) is 1. The van der Waals surface area contributed by atoms with E-state index in [0.717, 1.165) is 31.8 Å². The molecule has 0 spiro atoms. The van der Waals surface area contributed by atoms with Crippen LogP contribution in [0.4, 0.5) is 0 Å². The minimum Gasteiger partial charge on any atom is -0.356 e. The zero-order valence-electron chi connectivity index (χ0n) is 9.88. The number of rotatable bonds is 4. The second-order valence-corrected chi connectivity index (χ2v) is 4.82. The maximum atomic E-state index is 7.88. The fourth-order valence-electron chi connectivity index (χ4n) is 2.10. The van der Waals surface area contributed by atoms with E-state index in [1.807, 2.05) is 0 Å². The summed E-state index contributed by atoms with van der Waals surface area (Å²) < 4.78 is 0. The zero-order chi connectivity index (χ0) is 10.7. The van der Waals surface area contributed by atoms with Crippen molar-refractivity contribution in [2.24, 2.45) is 5.92 Å². The quantitative estimate of drug-likeness (QED) is 0.742. The van der Waals surface area contributed by atoms with Crippen molar-refractivity contribution >= 4 is 5.84 Å². The monoisotopic (exact) mass is 197 g/mol. The van der Waals surface area contributed by atoms with Gasteiger partial charge < -0.3 is 9.80 Å². The molecule has 1 fully saturated rings. The molecule has 0 saturated carbocycles. The predicted octanol–water partition coefficient (Wildman–Crippen LogP) is 1.65. The lowest BCUT2D eigenvalue weighted by atomic mass is 10.0. The van der Waals surface area contributed by atoms with Gasteiger partial charge in [0, 0.05) is 25.6 Å². The van der Waals surface area contributed by atoms with Gasteiger partial charge in [0.25, 0.3) is 0 Å². The fraction of sp³-hybridized carbons (Fsp3) is 0.909. The van der Waals surface area contributed by atoms with Crippen molar-refractivity contribution in [3.8, 4) is 0 Å². The zero-order valence-corrected chi connectivity index (χ0v) is 9.88. The van der Waals surface area contributed by atoms with E-state index in [2.05, 4.69) is 37.7 Å². The third-order valence-electron chi connectivity index (χ3n) is 2.88. The molecule has 1 atom stereocenters. The Balaban J connectivity index is 2.61. The van der Waals surface area contributed by atoms with Crippen molar-refractivity contribution in [3.63, 3.8) is 0 Å². The Kier molecular flexibility index (Phi) is 3.93. The molecule has 0 aromatic carbocycles. The molecule has 1 saturated heterocycles. The lowest BCUT2D eigenvalue weighted by molar-refractivity contribution is 0.205. The lowest BCUT2D eigenvalue weighted by Crippen LogP contribution is -2.45. The van der Waals surface area contributed by atoms with Crippen LogP contribution in [0.3, 0.4) is 0 Å². The molecule has 3 heteroatoms. The summed E-state index contributed by atoms with van der Waals surface area (Å²) in [4.78, 5) is 4.50. The number of nitrogens with one attached hydrogen (secondary N) is 1. The summed E-state index contributed by atoms with van der Waals surface area (Å²) in [6, 6.07) is 0.514. The summed E-state index contributed by atoms with van der Waals surface area (Å²) in [6.45, 7) is 6.63. The molecular formula is C11H23N3. The van der Waals surface area contributed by atoms with Crippen LogP contribution in [0.5, 0.6) is 0 Å². The molecule has 0 amide bonds. The van der Waals surface area contributed by atoms with Gasteiger partial charge in [0.1, 0.15) is 0 Å². The molecule has 1 heterocycles. The van der Waals surface area contributed by atoms with Gasteiger partial charge in [-0.05, 0) is 26.4 Å². The molecular weight excluding hydrogens is 174 g/mol. The maximum Gasteiger partial charge on any atom is 0.0961 e. The van der Waals surface area contributed by atoms with Crippen LogP contribution in [0.15, 0.2) is 0 Å². The lowest BCUT2D eigenvalue weighted by Gasteiger charge is -2.34. The highest BCUT2D eigenvalue weighted by molar-refractivity contribution is 5.81. The smallest absolute Gasteiger partial charge is 0.0961 e. The van der Waals surface area contributed by atoms with Crippen LogP contribution in [0.1, 0.15) is 26.7 Å². The van der Waals surface area contributed by atoms with Crippen LogP contribution in [-0.2, 0) is 0 Å². The molecule has 1 aliphatic heterocycles. The number of likely N-dealkylation sites (N-methyl/N-ethyl adjacent to an activating group) is 1.